The number of ether oxygens (including phenoxy) is 1. The lowest BCUT2D eigenvalue weighted by Crippen LogP contribution is -2.15. The fourth-order valence-corrected chi connectivity index (χ4v) is 3.80. The summed E-state index contributed by atoms with van der Waals surface area (Å²) < 4.78 is 6.50. The maximum Gasteiger partial charge on any atom is 0.340 e. The summed E-state index contributed by atoms with van der Waals surface area (Å²) in [5.74, 6) is -0.678. The number of para-hydroxylation sites is 1. The summed E-state index contributed by atoms with van der Waals surface area (Å²) in [6.07, 6.45) is 0. The number of methoxy groups -OCH3 is 1. The molecule has 0 radical (unpaired) electrons. The van der Waals surface area contributed by atoms with Gasteiger partial charge in [0, 0.05) is 27.1 Å². The fourth-order valence-electron chi connectivity index (χ4n) is 3.57. The highest BCUT2D eigenvalue weighted by molar-refractivity contribution is 6.36. The van der Waals surface area contributed by atoms with Crippen LogP contribution in [-0.4, -0.2) is 23.6 Å². The summed E-state index contributed by atoms with van der Waals surface area (Å²) in [5.41, 5.74) is 2.14. The minimum absolute atomic E-state index is 0.216. The monoisotopic (exact) mass is 377 g/mol. The van der Waals surface area contributed by atoms with Gasteiger partial charge < -0.3 is 4.74 Å². The molecule has 0 spiro atoms. The van der Waals surface area contributed by atoms with E-state index in [1.165, 1.54) is 7.11 Å². The van der Waals surface area contributed by atoms with Gasteiger partial charge in [-0.05, 0) is 30.5 Å². The van der Waals surface area contributed by atoms with Crippen LogP contribution in [0.15, 0.2) is 60.7 Å². The van der Waals surface area contributed by atoms with Crippen molar-refractivity contribution in [1.82, 2.24) is 4.57 Å². The highest BCUT2D eigenvalue weighted by Gasteiger charge is 2.25. The van der Waals surface area contributed by atoms with E-state index in [0.717, 1.165) is 10.8 Å². The first-order valence-corrected chi connectivity index (χ1v) is 8.82. The molecular formula is C22H16ClNO3. The van der Waals surface area contributed by atoms with Crippen LogP contribution in [0, 0.1) is 6.92 Å². The van der Waals surface area contributed by atoms with E-state index >= 15 is 0 Å². The molecule has 0 saturated heterocycles. The number of rotatable bonds is 2. The van der Waals surface area contributed by atoms with Gasteiger partial charge in [-0.3, -0.25) is 9.36 Å². The molecule has 0 aliphatic heterocycles. The number of halogens is 1. The van der Waals surface area contributed by atoms with Gasteiger partial charge in [0.25, 0.3) is 5.91 Å². The van der Waals surface area contributed by atoms with Crippen molar-refractivity contribution in [2.24, 2.45) is 0 Å². The molecule has 0 aliphatic rings. The Morgan fingerprint density at radius 2 is 1.56 bits per heavy atom. The van der Waals surface area contributed by atoms with Gasteiger partial charge in [0.1, 0.15) is 0 Å². The van der Waals surface area contributed by atoms with Gasteiger partial charge in [0.2, 0.25) is 0 Å². The second-order valence-electron chi connectivity index (χ2n) is 6.25. The van der Waals surface area contributed by atoms with Gasteiger partial charge in [-0.15, -0.1) is 0 Å². The maximum atomic E-state index is 13.5. The molecule has 5 heteroatoms. The van der Waals surface area contributed by atoms with E-state index < -0.39 is 5.97 Å². The van der Waals surface area contributed by atoms with Crippen LogP contribution in [-0.2, 0) is 4.74 Å². The Kier molecular flexibility index (Phi) is 4.21. The summed E-state index contributed by atoms with van der Waals surface area (Å²) in [6.45, 7) is 1.75. The molecule has 0 atom stereocenters. The number of carbonyl (C=O) groups is 2. The fraction of sp³-hybridized carbons (Fsp3) is 0.0909. The molecule has 0 amide bonds. The average Bonchev–Trinajstić information content (AvgIpc) is 2.98. The lowest BCUT2D eigenvalue weighted by molar-refractivity contribution is 0.0602. The molecule has 0 bridgehead atoms. The van der Waals surface area contributed by atoms with Crippen LogP contribution in [0.4, 0.5) is 0 Å². The molecule has 3 aromatic carbocycles. The van der Waals surface area contributed by atoms with Crippen molar-refractivity contribution in [3.8, 4) is 0 Å². The highest BCUT2D eigenvalue weighted by Crippen LogP contribution is 2.30. The number of aromatic nitrogens is 1. The van der Waals surface area contributed by atoms with Gasteiger partial charge in [-0.1, -0.05) is 54.1 Å². The Bertz CT molecular complexity index is 1220. The number of nitrogens with zero attached hydrogens (tertiary/aromatic N) is 1. The predicted molar refractivity (Wildman–Crippen MR) is 107 cm³/mol. The molecule has 4 nitrogen and oxygen atoms in total. The van der Waals surface area contributed by atoms with Crippen LogP contribution in [0.1, 0.15) is 26.4 Å². The average molecular weight is 378 g/mol. The highest BCUT2D eigenvalue weighted by atomic mass is 35.5. The molecule has 134 valence electrons. The van der Waals surface area contributed by atoms with Crippen molar-refractivity contribution in [1.29, 1.82) is 0 Å². The third-order valence-electron chi connectivity index (χ3n) is 4.80. The number of hydrogen-bond acceptors (Lipinski definition) is 3. The van der Waals surface area contributed by atoms with E-state index in [4.69, 9.17) is 16.3 Å². The van der Waals surface area contributed by atoms with Gasteiger partial charge in [-0.2, -0.15) is 0 Å². The number of fused-ring (bicyclic) bond motifs is 2. The second-order valence-corrected chi connectivity index (χ2v) is 6.66. The zero-order valence-electron chi connectivity index (χ0n) is 14.8. The van der Waals surface area contributed by atoms with Crippen molar-refractivity contribution < 1.29 is 14.3 Å². The molecule has 27 heavy (non-hydrogen) atoms. The zero-order valence-corrected chi connectivity index (χ0v) is 15.6. The van der Waals surface area contributed by atoms with Gasteiger partial charge >= 0.3 is 5.97 Å². The lowest BCUT2D eigenvalue weighted by atomic mass is 10.0. The third kappa shape index (κ3) is 2.61. The Labute approximate surface area is 160 Å². The van der Waals surface area contributed by atoms with Crippen LogP contribution in [0.25, 0.3) is 21.7 Å². The van der Waals surface area contributed by atoms with Crippen molar-refractivity contribution in [3.63, 3.8) is 0 Å². The lowest BCUT2D eigenvalue weighted by Gasteiger charge is -2.10. The molecule has 0 N–H and O–H groups in total. The van der Waals surface area contributed by atoms with E-state index in [9.17, 15) is 9.59 Å². The summed E-state index contributed by atoms with van der Waals surface area (Å²) >= 11 is 6.29. The number of carbonyl (C=O) groups excluding carboxylic acids is 2. The number of benzene rings is 3. The molecule has 4 rings (SSSR count). The van der Waals surface area contributed by atoms with Crippen LogP contribution < -0.4 is 0 Å². The molecule has 1 heterocycles. The zero-order chi connectivity index (χ0) is 19.1. The summed E-state index contributed by atoms with van der Waals surface area (Å²) in [6, 6.07) is 18.3. The molecule has 0 fully saturated rings. The SMILES string of the molecule is COC(=O)c1c(C)n(C(=O)c2cccc3c(Cl)cccc23)c2ccccc12. The van der Waals surface area contributed by atoms with Crippen LogP contribution >= 0.6 is 11.6 Å². The number of hydrogen-bond donors (Lipinski definition) is 0. The van der Waals surface area contributed by atoms with Crippen molar-refractivity contribution in [2.75, 3.05) is 7.11 Å². The summed E-state index contributed by atoms with van der Waals surface area (Å²) in [5, 5.41) is 2.86. The van der Waals surface area contributed by atoms with Crippen LogP contribution in [0.3, 0.4) is 0 Å². The molecular weight excluding hydrogens is 362 g/mol. The van der Waals surface area contributed by atoms with E-state index in [0.29, 0.717) is 32.7 Å². The van der Waals surface area contributed by atoms with Gasteiger partial charge in [-0.25, -0.2) is 4.79 Å². The Hall–Kier alpha value is -3.11. The molecule has 4 aromatic rings. The van der Waals surface area contributed by atoms with Crippen molar-refractivity contribution in [3.05, 3.63) is 82.5 Å². The second kappa shape index (κ2) is 6.56. The first-order chi connectivity index (χ1) is 13.0. The largest absolute Gasteiger partial charge is 0.465 e. The van der Waals surface area contributed by atoms with E-state index in [1.54, 1.807) is 23.6 Å². The molecule has 1 aromatic heterocycles. The standard InChI is InChI=1S/C22H16ClNO3/c1-13-20(22(26)27-2)17-7-3-4-12-19(17)24(13)21(25)16-10-5-9-15-14(16)8-6-11-18(15)23/h3-12H,1-2H3. The van der Waals surface area contributed by atoms with E-state index in [2.05, 4.69) is 0 Å². The van der Waals surface area contributed by atoms with Crippen LogP contribution in [0.5, 0.6) is 0 Å². The summed E-state index contributed by atoms with van der Waals surface area (Å²) in [4.78, 5) is 25.8. The third-order valence-corrected chi connectivity index (χ3v) is 5.13. The van der Waals surface area contributed by atoms with E-state index in [-0.39, 0.29) is 5.91 Å². The molecule has 0 aliphatic carbocycles. The Balaban J connectivity index is 2.02. The minimum atomic E-state index is -0.462. The van der Waals surface area contributed by atoms with Crippen molar-refractivity contribution >= 4 is 45.2 Å². The maximum absolute atomic E-state index is 13.5. The smallest absolute Gasteiger partial charge is 0.340 e. The van der Waals surface area contributed by atoms with Gasteiger partial charge in [0.15, 0.2) is 0 Å². The quantitative estimate of drug-likeness (QED) is 0.449. The van der Waals surface area contributed by atoms with Crippen molar-refractivity contribution in [2.45, 2.75) is 6.92 Å². The topological polar surface area (TPSA) is 48.3 Å². The normalized spacial score (nSPS) is 11.1. The Morgan fingerprint density at radius 1 is 0.889 bits per heavy atom. The molecule has 0 saturated carbocycles. The first kappa shape index (κ1) is 17.3. The molecule has 0 unspecified atom stereocenters. The summed E-state index contributed by atoms with van der Waals surface area (Å²) in [7, 11) is 1.34. The Morgan fingerprint density at radius 3 is 2.33 bits per heavy atom. The first-order valence-electron chi connectivity index (χ1n) is 8.45. The minimum Gasteiger partial charge on any atom is -0.465 e. The number of esters is 1. The van der Waals surface area contributed by atoms with Gasteiger partial charge in [0.05, 0.1) is 18.2 Å². The van der Waals surface area contributed by atoms with E-state index in [1.807, 2.05) is 48.5 Å². The predicted octanol–water partition coefficient (Wildman–Crippen LogP) is 5.23. The van der Waals surface area contributed by atoms with Crippen LogP contribution in [0.2, 0.25) is 5.02 Å².